The van der Waals surface area contributed by atoms with Crippen LogP contribution in [-0.2, 0) is 6.42 Å². The van der Waals surface area contributed by atoms with E-state index in [1.54, 1.807) is 0 Å². The van der Waals surface area contributed by atoms with Gasteiger partial charge >= 0.3 is 0 Å². The molecule has 1 aliphatic heterocycles. The number of aliphatic imine (C=N–C) groups is 1. The maximum absolute atomic E-state index is 4.39. The van der Waals surface area contributed by atoms with Gasteiger partial charge in [0.15, 0.2) is 11.6 Å². The lowest BCUT2D eigenvalue weighted by Crippen LogP contribution is -2.51. The minimum atomic E-state index is 0. The van der Waals surface area contributed by atoms with Crippen LogP contribution < -0.4 is 15.5 Å². The highest BCUT2D eigenvalue weighted by molar-refractivity contribution is 14.0. The Bertz CT molecular complexity index is 925. The number of benzene rings is 1. The molecular formula is C21H28IN7. The molecule has 29 heavy (non-hydrogen) atoms. The van der Waals surface area contributed by atoms with Crippen LogP contribution in [0.5, 0.6) is 0 Å². The van der Waals surface area contributed by atoms with Crippen molar-refractivity contribution in [3.63, 3.8) is 0 Å². The molecular weight excluding hydrogens is 477 g/mol. The first-order valence-electron chi connectivity index (χ1n) is 9.89. The van der Waals surface area contributed by atoms with E-state index >= 15 is 0 Å². The lowest BCUT2D eigenvalue weighted by Gasteiger charge is -2.35. The smallest absolute Gasteiger partial charge is 0.191 e. The van der Waals surface area contributed by atoms with Crippen molar-refractivity contribution in [3.8, 4) is 0 Å². The largest absolute Gasteiger partial charge is 0.369 e. The van der Waals surface area contributed by atoms with Crippen molar-refractivity contribution in [2.45, 2.75) is 25.3 Å². The van der Waals surface area contributed by atoms with E-state index in [-0.39, 0.29) is 24.0 Å². The zero-order valence-electron chi connectivity index (χ0n) is 16.7. The number of piperidine rings is 1. The van der Waals surface area contributed by atoms with Crippen LogP contribution in [0.25, 0.3) is 5.65 Å². The number of nitrogens with zero attached hydrogens (tertiary/aromatic N) is 5. The summed E-state index contributed by atoms with van der Waals surface area (Å²) in [6, 6.07) is 16.9. The number of hydrogen-bond donors (Lipinski definition) is 2. The Kier molecular flexibility index (Phi) is 7.68. The zero-order chi connectivity index (χ0) is 19.2. The van der Waals surface area contributed by atoms with Crippen LogP contribution in [-0.4, -0.2) is 53.3 Å². The van der Waals surface area contributed by atoms with Gasteiger partial charge in [0.1, 0.15) is 5.82 Å². The average molecular weight is 505 g/mol. The van der Waals surface area contributed by atoms with Gasteiger partial charge in [0.25, 0.3) is 0 Å². The molecule has 1 saturated heterocycles. The van der Waals surface area contributed by atoms with E-state index in [4.69, 9.17) is 0 Å². The normalized spacial score (nSPS) is 17.1. The van der Waals surface area contributed by atoms with E-state index in [0.717, 1.165) is 49.9 Å². The van der Waals surface area contributed by atoms with Crippen LogP contribution in [0.2, 0.25) is 0 Å². The maximum atomic E-state index is 4.39. The summed E-state index contributed by atoms with van der Waals surface area (Å²) < 4.78 is 2.02. The number of hydrogen-bond acceptors (Lipinski definition) is 4. The van der Waals surface area contributed by atoms with Gasteiger partial charge in [-0.2, -0.15) is 0 Å². The molecule has 2 aromatic heterocycles. The zero-order valence-corrected chi connectivity index (χ0v) is 19.0. The summed E-state index contributed by atoms with van der Waals surface area (Å²) in [6.07, 6.45) is 5.11. The first-order valence-corrected chi connectivity index (χ1v) is 9.89. The molecule has 1 fully saturated rings. The van der Waals surface area contributed by atoms with Crippen LogP contribution in [0.1, 0.15) is 18.7 Å². The van der Waals surface area contributed by atoms with Gasteiger partial charge in [0.2, 0.25) is 0 Å². The highest BCUT2D eigenvalue weighted by Crippen LogP contribution is 2.19. The summed E-state index contributed by atoms with van der Waals surface area (Å²) in [5.74, 6) is 1.79. The van der Waals surface area contributed by atoms with Crippen LogP contribution in [0.3, 0.4) is 0 Å². The summed E-state index contributed by atoms with van der Waals surface area (Å²) in [5.41, 5.74) is 2.17. The second-order valence-electron chi connectivity index (χ2n) is 7.06. The van der Waals surface area contributed by atoms with Gasteiger partial charge in [-0.25, -0.2) is 0 Å². The molecule has 0 bridgehead atoms. The molecule has 0 amide bonds. The van der Waals surface area contributed by atoms with Crippen molar-refractivity contribution in [3.05, 3.63) is 60.6 Å². The van der Waals surface area contributed by atoms with Crippen molar-refractivity contribution in [1.29, 1.82) is 0 Å². The predicted molar refractivity (Wildman–Crippen MR) is 128 cm³/mol. The molecule has 0 radical (unpaired) electrons. The third-order valence-corrected chi connectivity index (χ3v) is 5.13. The SMILES string of the molecule is CN=C(NCCc1nnc2ccccn12)NC1CCCN(c2ccccc2)C1.I. The van der Waals surface area contributed by atoms with Gasteiger partial charge in [-0.05, 0) is 37.1 Å². The van der Waals surface area contributed by atoms with E-state index < -0.39 is 0 Å². The van der Waals surface area contributed by atoms with E-state index in [0.29, 0.717) is 6.04 Å². The summed E-state index contributed by atoms with van der Waals surface area (Å²) in [4.78, 5) is 6.84. The van der Waals surface area contributed by atoms with Crippen molar-refractivity contribution in [2.75, 3.05) is 31.6 Å². The Labute approximate surface area is 188 Å². The van der Waals surface area contributed by atoms with E-state index in [1.165, 1.54) is 12.1 Å². The van der Waals surface area contributed by atoms with Gasteiger partial charge in [-0.1, -0.05) is 24.3 Å². The second-order valence-corrected chi connectivity index (χ2v) is 7.06. The number of aromatic nitrogens is 3. The predicted octanol–water partition coefficient (Wildman–Crippen LogP) is 2.72. The molecule has 1 aromatic carbocycles. The van der Waals surface area contributed by atoms with Gasteiger partial charge in [0.05, 0.1) is 0 Å². The third-order valence-electron chi connectivity index (χ3n) is 5.13. The molecule has 1 atom stereocenters. The Balaban J connectivity index is 0.00000240. The number of anilines is 1. The quantitative estimate of drug-likeness (QED) is 0.317. The minimum Gasteiger partial charge on any atom is -0.369 e. The summed E-state index contributed by atoms with van der Waals surface area (Å²) in [6.45, 7) is 2.85. The van der Waals surface area contributed by atoms with Crippen LogP contribution in [0, 0.1) is 0 Å². The van der Waals surface area contributed by atoms with Crippen LogP contribution >= 0.6 is 24.0 Å². The Hall–Kier alpha value is -2.36. The molecule has 1 unspecified atom stereocenters. The molecule has 154 valence electrons. The standard InChI is InChI=1S/C21H27N7.HI/c1-22-21(23-13-12-20-26-25-19-11-5-6-15-28(19)20)24-17-8-7-14-27(16-17)18-9-3-2-4-10-18;/h2-6,9-11,15,17H,7-8,12-14,16H2,1H3,(H2,22,23,24);1H. The maximum Gasteiger partial charge on any atom is 0.191 e. The van der Waals surface area contributed by atoms with Crippen molar-refractivity contribution in [2.24, 2.45) is 4.99 Å². The van der Waals surface area contributed by atoms with E-state index in [1.807, 2.05) is 35.8 Å². The third kappa shape index (κ3) is 5.37. The van der Waals surface area contributed by atoms with Gasteiger partial charge in [0, 0.05) is 51.0 Å². The molecule has 0 saturated carbocycles. The first kappa shape index (κ1) is 21.4. The number of halogens is 1. The number of guanidine groups is 1. The number of rotatable bonds is 5. The van der Waals surface area contributed by atoms with Gasteiger partial charge in [-0.3, -0.25) is 9.39 Å². The van der Waals surface area contributed by atoms with E-state index in [2.05, 4.69) is 61.1 Å². The molecule has 7 nitrogen and oxygen atoms in total. The number of fused-ring (bicyclic) bond motifs is 1. The Morgan fingerprint density at radius 1 is 1.14 bits per heavy atom. The molecule has 0 aliphatic carbocycles. The lowest BCUT2D eigenvalue weighted by atomic mass is 10.1. The summed E-state index contributed by atoms with van der Waals surface area (Å²) >= 11 is 0. The Morgan fingerprint density at radius 2 is 1.97 bits per heavy atom. The van der Waals surface area contributed by atoms with Crippen molar-refractivity contribution in [1.82, 2.24) is 25.2 Å². The topological polar surface area (TPSA) is 69.8 Å². The fraction of sp³-hybridized carbons (Fsp3) is 0.381. The average Bonchev–Trinajstić information content (AvgIpc) is 3.17. The monoisotopic (exact) mass is 505 g/mol. The fourth-order valence-corrected chi connectivity index (χ4v) is 3.71. The fourth-order valence-electron chi connectivity index (χ4n) is 3.71. The van der Waals surface area contributed by atoms with E-state index in [9.17, 15) is 0 Å². The molecule has 0 spiro atoms. The summed E-state index contributed by atoms with van der Waals surface area (Å²) in [7, 11) is 1.82. The molecule has 1 aliphatic rings. The molecule has 3 heterocycles. The number of nitrogens with one attached hydrogen (secondary N) is 2. The lowest BCUT2D eigenvalue weighted by molar-refractivity contribution is 0.468. The van der Waals surface area contributed by atoms with Crippen LogP contribution in [0.4, 0.5) is 5.69 Å². The molecule has 3 aromatic rings. The molecule has 8 heteroatoms. The van der Waals surface area contributed by atoms with Crippen molar-refractivity contribution >= 4 is 41.3 Å². The van der Waals surface area contributed by atoms with Crippen molar-refractivity contribution < 1.29 is 0 Å². The highest BCUT2D eigenvalue weighted by Gasteiger charge is 2.20. The number of pyridine rings is 1. The molecule has 4 rings (SSSR count). The van der Waals surface area contributed by atoms with Crippen LogP contribution in [0.15, 0.2) is 59.7 Å². The molecule has 2 N–H and O–H groups in total. The highest BCUT2D eigenvalue weighted by atomic mass is 127. The number of para-hydroxylation sites is 1. The minimum absolute atomic E-state index is 0. The second kappa shape index (κ2) is 10.4. The Morgan fingerprint density at radius 3 is 2.79 bits per heavy atom. The first-order chi connectivity index (χ1) is 13.8. The van der Waals surface area contributed by atoms with Gasteiger partial charge < -0.3 is 15.5 Å². The van der Waals surface area contributed by atoms with Gasteiger partial charge in [-0.15, -0.1) is 34.2 Å². The summed E-state index contributed by atoms with van der Waals surface area (Å²) in [5, 5.41) is 15.5.